The van der Waals surface area contributed by atoms with Crippen molar-refractivity contribution in [3.63, 3.8) is 0 Å². The number of piperidine rings is 3. The Bertz CT molecular complexity index is 2710. The van der Waals surface area contributed by atoms with E-state index in [-0.39, 0.29) is 41.8 Å². The van der Waals surface area contributed by atoms with Crippen LogP contribution < -0.4 is 20.3 Å². The van der Waals surface area contributed by atoms with Crippen molar-refractivity contribution in [1.29, 1.82) is 0 Å². The second kappa shape index (κ2) is 18.9. The number of anilines is 3. The molecule has 3 fully saturated rings. The fourth-order valence-corrected chi connectivity index (χ4v) is 9.39. The second-order valence-electron chi connectivity index (χ2n) is 16.6. The van der Waals surface area contributed by atoms with Gasteiger partial charge in [0.2, 0.25) is 29.5 Å². The smallest absolute Gasteiger partial charge is 0.301 e. The van der Waals surface area contributed by atoms with Crippen LogP contribution in [0.15, 0.2) is 61.3 Å². The third-order valence-corrected chi connectivity index (χ3v) is 14.1. The summed E-state index contributed by atoms with van der Waals surface area (Å²) in [5.41, 5.74) is 1.61. The first-order valence-electron chi connectivity index (χ1n) is 21.5. The maximum atomic E-state index is 15.6. The van der Waals surface area contributed by atoms with Crippen LogP contribution in [-0.4, -0.2) is 136 Å². The van der Waals surface area contributed by atoms with Gasteiger partial charge in [0.1, 0.15) is 17.5 Å². The number of imide groups is 1. The number of nitrogens with one attached hydrogen (secondary N) is 4. The highest BCUT2D eigenvalue weighted by molar-refractivity contribution is 7.90. The Morgan fingerprint density at radius 1 is 0.892 bits per heavy atom. The number of benzene rings is 1. The molecule has 342 valence electrons. The first-order valence-corrected chi connectivity index (χ1v) is 23.0. The summed E-state index contributed by atoms with van der Waals surface area (Å²) in [6, 6.07) is 6.90. The number of carbonyl (C=O) groups excluding carboxylic acids is 4. The minimum atomic E-state index is -4.15. The first-order chi connectivity index (χ1) is 31.2. The summed E-state index contributed by atoms with van der Waals surface area (Å²) < 4.78 is 58.8. The van der Waals surface area contributed by atoms with Gasteiger partial charge in [0.05, 0.1) is 29.7 Å². The molecule has 3 saturated heterocycles. The van der Waals surface area contributed by atoms with Crippen molar-refractivity contribution in [2.24, 2.45) is 0 Å². The molecule has 3 amide bonds. The summed E-state index contributed by atoms with van der Waals surface area (Å²) in [4.78, 5) is 77.9. The summed E-state index contributed by atoms with van der Waals surface area (Å²) in [5, 5.41) is 5.81. The van der Waals surface area contributed by atoms with E-state index < -0.39 is 44.9 Å². The van der Waals surface area contributed by atoms with Gasteiger partial charge in [0.15, 0.2) is 5.82 Å². The lowest BCUT2D eigenvalue weighted by Gasteiger charge is -2.38. The predicted molar refractivity (Wildman–Crippen MR) is 238 cm³/mol. The van der Waals surface area contributed by atoms with Crippen LogP contribution in [0.2, 0.25) is 0 Å². The van der Waals surface area contributed by atoms with Crippen molar-refractivity contribution < 1.29 is 36.4 Å². The number of amides is 3. The average Bonchev–Trinajstić information content (AvgIpc) is 3.74. The van der Waals surface area contributed by atoms with E-state index in [9.17, 15) is 27.6 Å². The van der Waals surface area contributed by atoms with E-state index in [1.54, 1.807) is 37.8 Å². The van der Waals surface area contributed by atoms with Gasteiger partial charge in [0.25, 0.3) is 0 Å². The molecule has 4 N–H and O–H groups in total. The summed E-state index contributed by atoms with van der Waals surface area (Å²) in [6.45, 7) is 4.89. The van der Waals surface area contributed by atoms with E-state index in [4.69, 9.17) is 0 Å². The number of carbonyl (C=O) groups is 4. The molecule has 8 rings (SSSR count). The highest BCUT2D eigenvalue weighted by Gasteiger charge is 2.31. The Kier molecular flexibility index (Phi) is 13.2. The molecule has 3 aliphatic rings. The van der Waals surface area contributed by atoms with E-state index in [0.29, 0.717) is 60.6 Å². The van der Waals surface area contributed by atoms with Crippen LogP contribution in [0.4, 0.5) is 26.1 Å². The second-order valence-corrected chi connectivity index (χ2v) is 18.4. The van der Waals surface area contributed by atoms with Crippen LogP contribution in [0.25, 0.3) is 22.2 Å². The number of hydrogen-bond donors (Lipinski definition) is 4. The molecule has 0 saturated carbocycles. The number of fused-ring (bicyclic) bond motifs is 1. The quantitative estimate of drug-likeness (QED) is 0.0915. The number of H-pyrrole nitrogens is 1. The number of halogens is 2. The summed E-state index contributed by atoms with van der Waals surface area (Å²) in [7, 11) is -0.993. The minimum absolute atomic E-state index is 0.0638. The van der Waals surface area contributed by atoms with Crippen molar-refractivity contribution >= 4 is 62.1 Å². The first kappa shape index (κ1) is 45.1. The van der Waals surface area contributed by atoms with Crippen molar-refractivity contribution in [1.82, 2.24) is 44.3 Å². The number of nitrogens with zero attached hydrogens (tertiary/aromatic N) is 8. The predicted octanol–water partition coefficient (Wildman–Crippen LogP) is 4.06. The zero-order valence-corrected chi connectivity index (χ0v) is 37.0. The standard InChI is InChI=1S/C44H50F2N12O6S/c1-4-55(2)65(63,64)54-35-8-6-33(45)39(40(35)46)41(61)32-24-49-42-31(32)19-27(20-48-42)28-21-50-44(51-22-28)58-17-13-30(14-18-58)56(3)38(60)25-57-15-11-26(12-16-57)34-7-5-29(23-47-34)52-36-9-10-37(59)53-43(36)62/h5-8,19-24,26,30,36,52,54H,4,9-18,25H2,1-3H3,(H,48,49)(H,53,59,62). The van der Waals surface area contributed by atoms with Crippen LogP contribution in [0, 0.1) is 11.6 Å². The number of likely N-dealkylation sites (N-methyl/N-ethyl adjacent to an activating group) is 1. The molecule has 18 nitrogen and oxygen atoms in total. The number of rotatable bonds is 14. The molecule has 65 heavy (non-hydrogen) atoms. The molecule has 0 bridgehead atoms. The Labute approximate surface area is 374 Å². The molecule has 1 unspecified atom stereocenters. The lowest BCUT2D eigenvalue weighted by atomic mass is 9.93. The Balaban J connectivity index is 0.827. The molecular formula is C44H50F2N12O6S. The van der Waals surface area contributed by atoms with Crippen molar-refractivity contribution in [3.05, 3.63) is 89.8 Å². The monoisotopic (exact) mass is 912 g/mol. The van der Waals surface area contributed by atoms with Crippen molar-refractivity contribution in [2.75, 3.05) is 68.3 Å². The molecule has 21 heteroatoms. The third kappa shape index (κ3) is 9.81. The van der Waals surface area contributed by atoms with Gasteiger partial charge in [-0.05, 0) is 75.5 Å². The molecule has 1 atom stereocenters. The summed E-state index contributed by atoms with van der Waals surface area (Å²) in [6.07, 6.45) is 11.9. The fourth-order valence-electron chi connectivity index (χ4n) is 8.45. The van der Waals surface area contributed by atoms with Gasteiger partial charge in [0, 0.05) is 105 Å². The normalized spacial score (nSPS) is 17.9. The Hall–Kier alpha value is -6.45. The third-order valence-electron chi connectivity index (χ3n) is 12.6. The van der Waals surface area contributed by atoms with Gasteiger partial charge in [-0.3, -0.25) is 39.1 Å². The number of likely N-dealkylation sites (tertiary alicyclic amines) is 1. The number of hydrogen-bond acceptors (Lipinski definition) is 13. The Morgan fingerprint density at radius 2 is 1.62 bits per heavy atom. The average molecular weight is 913 g/mol. The SMILES string of the molecule is CCN(C)S(=O)(=O)Nc1ccc(F)c(C(=O)c2c[nH]c3ncc(-c4cnc(N5CCC(N(C)C(=O)CN6CCC(c7ccc(NC8CCC(=O)NC8=O)cn7)CC6)CC5)nc4)cc23)c1F. The van der Waals surface area contributed by atoms with Crippen LogP contribution in [0.5, 0.6) is 0 Å². The molecule has 4 aromatic heterocycles. The number of pyridine rings is 2. The maximum Gasteiger partial charge on any atom is 0.301 e. The molecule has 1 aromatic carbocycles. The molecule has 0 aliphatic carbocycles. The zero-order chi connectivity index (χ0) is 46.0. The largest absolute Gasteiger partial charge is 0.372 e. The number of aromatic amines is 1. The van der Waals surface area contributed by atoms with Crippen LogP contribution >= 0.6 is 0 Å². The van der Waals surface area contributed by atoms with Gasteiger partial charge in [-0.25, -0.2) is 23.7 Å². The highest BCUT2D eigenvalue weighted by atomic mass is 32.2. The molecule has 0 spiro atoms. The highest BCUT2D eigenvalue weighted by Crippen LogP contribution is 2.31. The molecule has 7 heterocycles. The van der Waals surface area contributed by atoms with Gasteiger partial charge in [-0.2, -0.15) is 12.7 Å². The van der Waals surface area contributed by atoms with Crippen LogP contribution in [0.1, 0.15) is 73.0 Å². The van der Waals surface area contributed by atoms with Gasteiger partial charge in [-0.15, -0.1) is 0 Å². The van der Waals surface area contributed by atoms with Crippen LogP contribution in [-0.2, 0) is 24.6 Å². The van der Waals surface area contributed by atoms with Gasteiger partial charge >= 0.3 is 10.2 Å². The lowest BCUT2D eigenvalue weighted by Crippen LogP contribution is -2.49. The number of ketones is 1. The fraction of sp³-hybridized carbons (Fsp3) is 0.409. The Morgan fingerprint density at radius 3 is 2.29 bits per heavy atom. The summed E-state index contributed by atoms with van der Waals surface area (Å²) in [5.74, 6) is -3.20. The molecular weight excluding hydrogens is 863 g/mol. The van der Waals surface area contributed by atoms with E-state index in [2.05, 4.69) is 50.1 Å². The van der Waals surface area contributed by atoms with E-state index in [0.717, 1.165) is 66.6 Å². The molecule has 3 aliphatic heterocycles. The topological polar surface area (TPSA) is 219 Å². The zero-order valence-electron chi connectivity index (χ0n) is 36.2. The summed E-state index contributed by atoms with van der Waals surface area (Å²) >= 11 is 0. The van der Waals surface area contributed by atoms with E-state index in [1.165, 1.54) is 13.2 Å². The van der Waals surface area contributed by atoms with Crippen molar-refractivity contribution in [3.8, 4) is 11.1 Å². The van der Waals surface area contributed by atoms with Gasteiger partial charge < -0.3 is 20.1 Å². The van der Waals surface area contributed by atoms with E-state index >= 15 is 8.78 Å². The van der Waals surface area contributed by atoms with Crippen molar-refractivity contribution in [2.45, 2.75) is 63.5 Å². The van der Waals surface area contributed by atoms with Crippen LogP contribution in [0.3, 0.4) is 0 Å². The maximum absolute atomic E-state index is 15.6. The molecule has 0 radical (unpaired) electrons. The van der Waals surface area contributed by atoms with Gasteiger partial charge in [-0.1, -0.05) is 6.92 Å². The van der Waals surface area contributed by atoms with E-state index in [1.807, 2.05) is 24.1 Å². The lowest BCUT2D eigenvalue weighted by molar-refractivity contribution is -0.134. The molecule has 5 aromatic rings. The minimum Gasteiger partial charge on any atom is -0.372 e. The number of aromatic nitrogens is 5.